The van der Waals surface area contributed by atoms with Crippen LogP contribution in [0.1, 0.15) is 5.01 Å². The number of benzene rings is 1. The van der Waals surface area contributed by atoms with Crippen LogP contribution in [0, 0.1) is 0 Å². The molecule has 2 heterocycles. The van der Waals surface area contributed by atoms with Crippen molar-refractivity contribution in [2.75, 3.05) is 26.4 Å². The van der Waals surface area contributed by atoms with E-state index in [4.69, 9.17) is 4.74 Å². The number of aliphatic hydroxyl groups is 1. The van der Waals surface area contributed by atoms with Gasteiger partial charge in [-0.1, -0.05) is 12.1 Å². The van der Waals surface area contributed by atoms with Crippen molar-refractivity contribution in [2.45, 2.75) is 12.6 Å². The van der Waals surface area contributed by atoms with Gasteiger partial charge in [0.1, 0.15) is 5.01 Å². The Morgan fingerprint density at radius 3 is 3.17 bits per heavy atom. The zero-order valence-electron chi connectivity index (χ0n) is 10.1. The normalized spacial score (nSPS) is 21.5. The number of thiazole rings is 1. The van der Waals surface area contributed by atoms with Crippen molar-refractivity contribution in [3.63, 3.8) is 0 Å². The molecule has 1 atom stereocenters. The molecule has 1 saturated heterocycles. The second-order valence-corrected chi connectivity index (χ2v) is 5.57. The maximum Gasteiger partial charge on any atom is 0.108 e. The van der Waals surface area contributed by atoms with Crippen molar-refractivity contribution in [1.29, 1.82) is 0 Å². The van der Waals surface area contributed by atoms with Crippen LogP contribution < -0.4 is 0 Å². The van der Waals surface area contributed by atoms with Gasteiger partial charge in [0, 0.05) is 6.54 Å². The lowest BCUT2D eigenvalue weighted by molar-refractivity contribution is -0.0312. The van der Waals surface area contributed by atoms with E-state index in [9.17, 15) is 5.11 Å². The summed E-state index contributed by atoms with van der Waals surface area (Å²) in [6, 6.07) is 8.29. The average Bonchev–Trinajstić information content (AvgIpc) is 2.81. The number of aromatic nitrogens is 1. The predicted molar refractivity (Wildman–Crippen MR) is 71.7 cm³/mol. The van der Waals surface area contributed by atoms with Gasteiger partial charge in [-0.3, -0.25) is 4.90 Å². The first-order chi connectivity index (χ1) is 8.86. The van der Waals surface area contributed by atoms with E-state index < -0.39 is 0 Å². The molecule has 18 heavy (non-hydrogen) atoms. The van der Waals surface area contributed by atoms with Gasteiger partial charge in [-0.2, -0.15) is 0 Å². The molecule has 0 bridgehead atoms. The van der Waals surface area contributed by atoms with Crippen LogP contribution in [0.15, 0.2) is 24.3 Å². The van der Waals surface area contributed by atoms with Gasteiger partial charge in [0.15, 0.2) is 0 Å². The Morgan fingerprint density at radius 2 is 2.33 bits per heavy atom. The Bertz CT molecular complexity index is 495. The third-order valence-electron chi connectivity index (χ3n) is 3.24. The molecule has 96 valence electrons. The lowest BCUT2D eigenvalue weighted by Gasteiger charge is -2.33. The highest BCUT2D eigenvalue weighted by Crippen LogP contribution is 2.23. The van der Waals surface area contributed by atoms with Crippen LogP contribution in [0.5, 0.6) is 0 Å². The van der Waals surface area contributed by atoms with Crippen molar-refractivity contribution < 1.29 is 9.84 Å². The van der Waals surface area contributed by atoms with E-state index in [1.54, 1.807) is 11.3 Å². The lowest BCUT2D eigenvalue weighted by Crippen LogP contribution is -2.46. The molecular weight excluding hydrogens is 248 g/mol. The number of ether oxygens (including phenoxy) is 1. The summed E-state index contributed by atoms with van der Waals surface area (Å²) < 4.78 is 6.60. The summed E-state index contributed by atoms with van der Waals surface area (Å²) in [6.45, 7) is 3.16. The molecule has 1 aromatic heterocycles. The number of rotatable bonds is 3. The summed E-state index contributed by atoms with van der Waals surface area (Å²) in [6.07, 6.45) is 0. The van der Waals surface area contributed by atoms with E-state index in [0.717, 1.165) is 30.2 Å². The number of fused-ring (bicyclic) bond motifs is 1. The second-order valence-electron chi connectivity index (χ2n) is 4.46. The molecular formula is C13H16N2O2S. The molecule has 0 amide bonds. The smallest absolute Gasteiger partial charge is 0.108 e. The van der Waals surface area contributed by atoms with Gasteiger partial charge in [0.2, 0.25) is 0 Å². The van der Waals surface area contributed by atoms with Gasteiger partial charge in [0.05, 0.1) is 42.6 Å². The molecule has 5 heteroatoms. The van der Waals surface area contributed by atoms with Gasteiger partial charge >= 0.3 is 0 Å². The highest BCUT2D eigenvalue weighted by Gasteiger charge is 2.23. The molecule has 4 nitrogen and oxygen atoms in total. The minimum atomic E-state index is 0.103. The number of morpholine rings is 1. The third-order valence-corrected chi connectivity index (χ3v) is 4.26. The first-order valence-corrected chi connectivity index (χ1v) is 6.95. The Balaban J connectivity index is 1.78. The van der Waals surface area contributed by atoms with Crippen molar-refractivity contribution in [3.8, 4) is 0 Å². The number of aliphatic hydroxyl groups excluding tert-OH is 1. The molecule has 3 rings (SSSR count). The van der Waals surface area contributed by atoms with E-state index in [1.165, 1.54) is 4.70 Å². The average molecular weight is 264 g/mol. The fraction of sp³-hybridized carbons (Fsp3) is 0.462. The maximum absolute atomic E-state index is 9.34. The number of nitrogens with zero attached hydrogens (tertiary/aromatic N) is 2. The van der Waals surface area contributed by atoms with Crippen molar-refractivity contribution >= 4 is 21.6 Å². The largest absolute Gasteiger partial charge is 0.395 e. The van der Waals surface area contributed by atoms with Gasteiger partial charge in [-0.25, -0.2) is 4.98 Å². The first-order valence-electron chi connectivity index (χ1n) is 6.14. The molecule has 0 spiro atoms. The van der Waals surface area contributed by atoms with Crippen LogP contribution in [0.25, 0.3) is 10.2 Å². The Morgan fingerprint density at radius 1 is 1.44 bits per heavy atom. The zero-order chi connectivity index (χ0) is 12.4. The summed E-state index contributed by atoms with van der Waals surface area (Å²) >= 11 is 1.73. The van der Waals surface area contributed by atoms with Crippen LogP contribution >= 0.6 is 11.3 Å². The number of hydrogen-bond donors (Lipinski definition) is 1. The Kier molecular flexibility index (Phi) is 3.56. The SMILES string of the molecule is OCC1COCCN1Cc1nc2ccccc2s1. The van der Waals surface area contributed by atoms with E-state index in [1.807, 2.05) is 18.2 Å². The summed E-state index contributed by atoms with van der Waals surface area (Å²) in [4.78, 5) is 6.88. The molecule has 0 radical (unpaired) electrons. The van der Waals surface area contributed by atoms with Crippen LogP contribution in [-0.4, -0.2) is 47.4 Å². The molecule has 0 saturated carbocycles. The summed E-state index contributed by atoms with van der Waals surface area (Å²) in [5.41, 5.74) is 1.06. The topological polar surface area (TPSA) is 45.6 Å². The fourth-order valence-corrected chi connectivity index (χ4v) is 3.22. The monoisotopic (exact) mass is 264 g/mol. The lowest BCUT2D eigenvalue weighted by atomic mass is 10.2. The minimum absolute atomic E-state index is 0.103. The predicted octanol–water partition coefficient (Wildman–Crippen LogP) is 1.49. The molecule has 1 N–H and O–H groups in total. The molecule has 2 aromatic rings. The zero-order valence-corrected chi connectivity index (χ0v) is 10.9. The highest BCUT2D eigenvalue weighted by atomic mass is 32.1. The molecule has 1 aliphatic rings. The molecule has 1 aliphatic heterocycles. The third kappa shape index (κ3) is 2.40. The van der Waals surface area contributed by atoms with E-state index in [0.29, 0.717) is 6.61 Å². The minimum Gasteiger partial charge on any atom is -0.395 e. The highest BCUT2D eigenvalue weighted by molar-refractivity contribution is 7.18. The van der Waals surface area contributed by atoms with Crippen molar-refractivity contribution in [3.05, 3.63) is 29.3 Å². The number of para-hydroxylation sites is 1. The maximum atomic E-state index is 9.34. The summed E-state index contributed by atoms with van der Waals surface area (Å²) in [5, 5.41) is 10.4. The molecule has 0 aliphatic carbocycles. The van der Waals surface area contributed by atoms with E-state index in [2.05, 4.69) is 16.0 Å². The van der Waals surface area contributed by atoms with Crippen LogP contribution in [0.4, 0.5) is 0 Å². The van der Waals surface area contributed by atoms with Crippen molar-refractivity contribution in [2.24, 2.45) is 0 Å². The Hall–Kier alpha value is -1.01. The summed E-state index contributed by atoms with van der Waals surface area (Å²) in [5.74, 6) is 0. The van der Waals surface area contributed by atoms with E-state index in [-0.39, 0.29) is 12.6 Å². The molecule has 1 unspecified atom stereocenters. The van der Waals surface area contributed by atoms with Crippen LogP contribution in [0.3, 0.4) is 0 Å². The number of hydrogen-bond acceptors (Lipinski definition) is 5. The second kappa shape index (κ2) is 5.32. The van der Waals surface area contributed by atoms with E-state index >= 15 is 0 Å². The van der Waals surface area contributed by atoms with Gasteiger partial charge in [-0.15, -0.1) is 11.3 Å². The van der Waals surface area contributed by atoms with Crippen LogP contribution in [-0.2, 0) is 11.3 Å². The van der Waals surface area contributed by atoms with Gasteiger partial charge < -0.3 is 9.84 Å². The standard InChI is InChI=1S/C13H16N2O2S/c16-8-10-9-17-6-5-15(10)7-13-14-11-3-1-2-4-12(11)18-13/h1-4,10,16H,5-9H2. The van der Waals surface area contributed by atoms with Crippen LogP contribution in [0.2, 0.25) is 0 Å². The van der Waals surface area contributed by atoms with Gasteiger partial charge in [-0.05, 0) is 12.1 Å². The van der Waals surface area contributed by atoms with Crippen molar-refractivity contribution in [1.82, 2.24) is 9.88 Å². The summed E-state index contributed by atoms with van der Waals surface area (Å²) in [7, 11) is 0. The molecule has 1 fully saturated rings. The first kappa shape index (κ1) is 12.0. The Labute approximate surface area is 110 Å². The van der Waals surface area contributed by atoms with Gasteiger partial charge in [0.25, 0.3) is 0 Å². The molecule has 1 aromatic carbocycles. The fourth-order valence-electron chi connectivity index (χ4n) is 2.23. The quantitative estimate of drug-likeness (QED) is 0.912.